The Morgan fingerprint density at radius 2 is 0.825 bits per heavy atom. The molecule has 0 aromatic carbocycles. The van der Waals surface area contributed by atoms with Crippen molar-refractivity contribution in [2.24, 2.45) is 11.5 Å². The van der Waals surface area contributed by atoms with E-state index in [2.05, 4.69) is 10.6 Å². The van der Waals surface area contributed by atoms with E-state index in [1.54, 1.807) is 0 Å². The standard InChI is InChI=1S/C30H58N4O6/c1-3-23-33-29(37)27(39-25(35)19-15-11-7-5-9-13-17-21-31)28(30(38)34-24-4-2)40-26(36)20-16-12-8-6-10-14-18-22-32/h27-28H,3-24,31-32H2,1-2H3,(H,33,37)(H,34,38)/t27-,28-/m1/s1. The maximum absolute atomic E-state index is 13.0. The van der Waals surface area contributed by atoms with Gasteiger partial charge >= 0.3 is 11.9 Å². The molecule has 10 nitrogen and oxygen atoms in total. The maximum Gasteiger partial charge on any atom is 0.306 e. The van der Waals surface area contributed by atoms with Crippen LogP contribution in [0.5, 0.6) is 0 Å². The molecule has 0 heterocycles. The van der Waals surface area contributed by atoms with Gasteiger partial charge in [0.05, 0.1) is 0 Å². The number of unbranched alkanes of at least 4 members (excludes halogenated alkanes) is 12. The molecule has 0 rings (SSSR count). The van der Waals surface area contributed by atoms with Gasteiger partial charge < -0.3 is 31.6 Å². The van der Waals surface area contributed by atoms with E-state index in [1.165, 1.54) is 0 Å². The smallest absolute Gasteiger partial charge is 0.306 e. The first-order valence-corrected chi connectivity index (χ1v) is 15.8. The fraction of sp³-hybridized carbons (Fsp3) is 0.867. The minimum Gasteiger partial charge on any atom is -0.448 e. The van der Waals surface area contributed by atoms with Crippen molar-refractivity contribution in [1.29, 1.82) is 0 Å². The average molecular weight is 571 g/mol. The Hall–Kier alpha value is -2.20. The van der Waals surface area contributed by atoms with Gasteiger partial charge in [0.25, 0.3) is 11.8 Å². The molecule has 0 saturated carbocycles. The number of ether oxygens (including phenoxy) is 2. The zero-order chi connectivity index (χ0) is 29.8. The second-order valence-corrected chi connectivity index (χ2v) is 10.4. The van der Waals surface area contributed by atoms with Crippen LogP contribution in [0.3, 0.4) is 0 Å². The van der Waals surface area contributed by atoms with E-state index in [9.17, 15) is 19.2 Å². The predicted octanol–water partition coefficient (Wildman–Crippen LogP) is 4.02. The van der Waals surface area contributed by atoms with E-state index < -0.39 is 36.0 Å². The first kappa shape index (κ1) is 37.8. The SMILES string of the molecule is CCCNC(=O)[C@H](OC(=O)CCCCCCCCCN)[C@@H](OC(=O)CCCCCCCCCN)C(=O)NCCC. The Kier molecular flexibility index (Phi) is 25.5. The van der Waals surface area contributed by atoms with Crippen LogP contribution in [0.1, 0.15) is 129 Å². The van der Waals surface area contributed by atoms with Crippen LogP contribution < -0.4 is 22.1 Å². The number of amides is 2. The number of rotatable bonds is 27. The molecule has 0 bridgehead atoms. The van der Waals surface area contributed by atoms with E-state index in [0.717, 1.165) is 77.0 Å². The quantitative estimate of drug-likeness (QED) is 0.0850. The molecule has 0 spiro atoms. The largest absolute Gasteiger partial charge is 0.448 e. The van der Waals surface area contributed by atoms with Gasteiger partial charge in [0.15, 0.2) is 0 Å². The summed E-state index contributed by atoms with van der Waals surface area (Å²) in [5.41, 5.74) is 11.0. The first-order chi connectivity index (χ1) is 19.4. The average Bonchev–Trinajstić information content (AvgIpc) is 2.95. The molecule has 0 aliphatic carbocycles. The second-order valence-electron chi connectivity index (χ2n) is 10.4. The van der Waals surface area contributed by atoms with Crippen LogP contribution in [0.2, 0.25) is 0 Å². The van der Waals surface area contributed by atoms with E-state index in [-0.39, 0.29) is 12.8 Å². The van der Waals surface area contributed by atoms with Crippen molar-refractivity contribution in [2.45, 2.75) is 142 Å². The minimum atomic E-state index is -1.54. The first-order valence-electron chi connectivity index (χ1n) is 15.8. The van der Waals surface area contributed by atoms with Crippen molar-refractivity contribution in [2.75, 3.05) is 26.2 Å². The lowest BCUT2D eigenvalue weighted by Crippen LogP contribution is -2.53. The summed E-state index contributed by atoms with van der Waals surface area (Å²) in [5.74, 6) is -2.45. The molecule has 10 heteroatoms. The van der Waals surface area contributed by atoms with Gasteiger partial charge in [-0.1, -0.05) is 78.1 Å². The van der Waals surface area contributed by atoms with Crippen molar-refractivity contribution in [1.82, 2.24) is 10.6 Å². The molecule has 0 aliphatic heterocycles. The number of carbonyl (C=O) groups excluding carboxylic acids is 4. The Morgan fingerprint density at radius 1 is 0.525 bits per heavy atom. The number of hydrogen-bond donors (Lipinski definition) is 4. The van der Waals surface area contributed by atoms with Crippen LogP contribution in [0.15, 0.2) is 0 Å². The second kappa shape index (κ2) is 27.0. The van der Waals surface area contributed by atoms with Gasteiger partial charge in [-0.05, 0) is 51.6 Å². The Morgan fingerprint density at radius 3 is 1.12 bits per heavy atom. The fourth-order valence-corrected chi connectivity index (χ4v) is 4.20. The Labute approximate surface area is 242 Å². The van der Waals surface area contributed by atoms with Crippen LogP contribution in [0, 0.1) is 0 Å². The highest BCUT2D eigenvalue weighted by Gasteiger charge is 2.39. The van der Waals surface area contributed by atoms with Gasteiger partial charge in [0, 0.05) is 25.9 Å². The summed E-state index contributed by atoms with van der Waals surface area (Å²) in [4.78, 5) is 51.3. The van der Waals surface area contributed by atoms with Crippen LogP contribution in [0.4, 0.5) is 0 Å². The summed E-state index contributed by atoms with van der Waals surface area (Å²) in [6.07, 6.45) is 12.2. The number of nitrogens with one attached hydrogen (secondary N) is 2. The minimum absolute atomic E-state index is 0.128. The zero-order valence-electron chi connectivity index (χ0n) is 25.3. The van der Waals surface area contributed by atoms with E-state index in [1.807, 2.05) is 13.8 Å². The molecule has 0 aromatic rings. The Bertz CT molecular complexity index is 621. The van der Waals surface area contributed by atoms with Gasteiger partial charge in [0.1, 0.15) is 0 Å². The molecular formula is C30H58N4O6. The molecule has 6 N–H and O–H groups in total. The third kappa shape index (κ3) is 20.7. The molecule has 2 amide bonds. The third-order valence-corrected chi connectivity index (χ3v) is 6.58. The number of hydrogen-bond acceptors (Lipinski definition) is 8. The van der Waals surface area contributed by atoms with Crippen LogP contribution in [-0.2, 0) is 28.7 Å². The summed E-state index contributed by atoms with van der Waals surface area (Å²) in [5, 5.41) is 5.36. The number of carbonyl (C=O) groups is 4. The topological polar surface area (TPSA) is 163 Å². The monoisotopic (exact) mass is 570 g/mol. The highest BCUT2D eigenvalue weighted by atomic mass is 16.6. The molecular weight excluding hydrogens is 512 g/mol. The van der Waals surface area contributed by atoms with E-state index in [0.29, 0.717) is 51.9 Å². The molecule has 0 aliphatic rings. The molecule has 2 atom stereocenters. The summed E-state index contributed by atoms with van der Waals surface area (Å²) < 4.78 is 11.0. The summed E-state index contributed by atoms with van der Waals surface area (Å²) in [6.45, 7) is 5.89. The highest BCUT2D eigenvalue weighted by molar-refractivity contribution is 5.93. The van der Waals surface area contributed by atoms with Crippen LogP contribution in [-0.4, -0.2) is 62.1 Å². The van der Waals surface area contributed by atoms with Gasteiger partial charge in [-0.25, -0.2) is 0 Å². The van der Waals surface area contributed by atoms with Gasteiger partial charge in [-0.3, -0.25) is 19.2 Å². The third-order valence-electron chi connectivity index (χ3n) is 6.58. The summed E-state index contributed by atoms with van der Waals surface area (Å²) in [6, 6.07) is 0. The van der Waals surface area contributed by atoms with Crippen molar-refractivity contribution in [3.05, 3.63) is 0 Å². The fourth-order valence-electron chi connectivity index (χ4n) is 4.20. The van der Waals surface area contributed by atoms with Crippen molar-refractivity contribution < 1.29 is 28.7 Å². The van der Waals surface area contributed by atoms with Crippen LogP contribution in [0.25, 0.3) is 0 Å². The molecule has 40 heavy (non-hydrogen) atoms. The number of esters is 2. The highest BCUT2D eigenvalue weighted by Crippen LogP contribution is 2.14. The van der Waals surface area contributed by atoms with Gasteiger partial charge in [0.2, 0.25) is 12.2 Å². The van der Waals surface area contributed by atoms with E-state index in [4.69, 9.17) is 20.9 Å². The van der Waals surface area contributed by atoms with Crippen molar-refractivity contribution >= 4 is 23.8 Å². The molecule has 0 aromatic heterocycles. The lowest BCUT2D eigenvalue weighted by Gasteiger charge is -2.25. The van der Waals surface area contributed by atoms with Crippen LogP contribution >= 0.6 is 0 Å². The van der Waals surface area contributed by atoms with Crippen molar-refractivity contribution in [3.8, 4) is 0 Å². The molecule has 0 fully saturated rings. The predicted molar refractivity (Wildman–Crippen MR) is 158 cm³/mol. The van der Waals surface area contributed by atoms with Crippen molar-refractivity contribution in [3.63, 3.8) is 0 Å². The summed E-state index contributed by atoms with van der Waals surface area (Å²) >= 11 is 0. The molecule has 0 radical (unpaired) electrons. The summed E-state index contributed by atoms with van der Waals surface area (Å²) in [7, 11) is 0. The number of nitrogens with two attached hydrogens (primary N) is 2. The lowest BCUT2D eigenvalue weighted by molar-refractivity contribution is -0.176. The van der Waals surface area contributed by atoms with Gasteiger partial charge in [-0.2, -0.15) is 0 Å². The molecule has 0 unspecified atom stereocenters. The van der Waals surface area contributed by atoms with Gasteiger partial charge in [-0.15, -0.1) is 0 Å². The lowest BCUT2D eigenvalue weighted by atomic mass is 10.1. The molecule has 234 valence electrons. The molecule has 0 saturated heterocycles. The Balaban J connectivity index is 5.06. The zero-order valence-corrected chi connectivity index (χ0v) is 25.3. The maximum atomic E-state index is 13.0. The van der Waals surface area contributed by atoms with E-state index >= 15 is 0 Å². The normalized spacial score (nSPS) is 12.4.